The number of halogens is 1. The third-order valence-corrected chi connectivity index (χ3v) is 3.56. The van der Waals surface area contributed by atoms with Crippen molar-refractivity contribution in [2.75, 3.05) is 7.05 Å². The quantitative estimate of drug-likeness (QED) is 0.868. The number of carbonyl (C=O) groups excluding carboxylic acids is 1. The summed E-state index contributed by atoms with van der Waals surface area (Å²) in [6.45, 7) is 3.38. The number of nitrogens with zero attached hydrogens (tertiary/aromatic N) is 3. The molecule has 1 aromatic heterocycles. The topological polar surface area (TPSA) is 38.1 Å². The largest absolute Gasteiger partial charge is 0.336 e. The van der Waals surface area contributed by atoms with E-state index in [-0.39, 0.29) is 5.91 Å². The summed E-state index contributed by atoms with van der Waals surface area (Å²) in [5.74, 6) is -0.0153. The summed E-state index contributed by atoms with van der Waals surface area (Å²) in [7, 11) is 1.78. The van der Waals surface area contributed by atoms with Crippen LogP contribution in [0.1, 0.15) is 23.0 Å². The maximum atomic E-state index is 12.3. The number of aryl methyl sites for hydroxylation is 1. The second kappa shape index (κ2) is 6.02. The van der Waals surface area contributed by atoms with E-state index >= 15 is 0 Å². The van der Waals surface area contributed by atoms with Gasteiger partial charge in [0, 0.05) is 24.3 Å². The highest BCUT2D eigenvalue weighted by atomic mass is 79.9. The summed E-state index contributed by atoms with van der Waals surface area (Å²) < 4.78 is 2.66. The Labute approximate surface area is 121 Å². The molecule has 2 rings (SSSR count). The lowest BCUT2D eigenvalue weighted by molar-refractivity contribution is 0.0782. The second-order valence-corrected chi connectivity index (χ2v) is 5.16. The molecule has 0 bridgehead atoms. The number of rotatable bonds is 4. The average molecular weight is 322 g/mol. The molecule has 0 unspecified atom stereocenters. The van der Waals surface area contributed by atoms with Gasteiger partial charge in [-0.1, -0.05) is 12.1 Å². The molecule has 0 aliphatic carbocycles. The Morgan fingerprint density at radius 2 is 2.11 bits per heavy atom. The molecule has 1 aromatic carbocycles. The molecule has 0 aliphatic rings. The fourth-order valence-corrected chi connectivity index (χ4v) is 2.27. The molecule has 0 spiro atoms. The first-order valence-corrected chi connectivity index (χ1v) is 6.93. The Balaban J connectivity index is 2.09. The van der Waals surface area contributed by atoms with Gasteiger partial charge in [-0.3, -0.25) is 9.48 Å². The van der Waals surface area contributed by atoms with Crippen LogP contribution in [-0.2, 0) is 13.1 Å². The molecular formula is C14H16BrN3O. The first-order chi connectivity index (χ1) is 9.11. The molecule has 1 heterocycles. The van der Waals surface area contributed by atoms with Gasteiger partial charge < -0.3 is 4.90 Å². The number of carbonyl (C=O) groups is 1. The molecule has 0 aliphatic heterocycles. The number of hydrogen-bond donors (Lipinski definition) is 0. The second-order valence-electron chi connectivity index (χ2n) is 4.30. The van der Waals surface area contributed by atoms with E-state index in [0.717, 1.165) is 16.7 Å². The molecule has 2 aromatic rings. The van der Waals surface area contributed by atoms with E-state index in [2.05, 4.69) is 21.0 Å². The van der Waals surface area contributed by atoms with Crippen LogP contribution in [0.5, 0.6) is 0 Å². The van der Waals surface area contributed by atoms with Crippen LogP contribution in [0, 0.1) is 0 Å². The van der Waals surface area contributed by atoms with E-state index in [1.54, 1.807) is 11.9 Å². The van der Waals surface area contributed by atoms with Gasteiger partial charge in [0.25, 0.3) is 5.91 Å². The molecule has 19 heavy (non-hydrogen) atoms. The average Bonchev–Trinajstić information content (AvgIpc) is 2.86. The van der Waals surface area contributed by atoms with Crippen molar-refractivity contribution in [1.82, 2.24) is 14.7 Å². The van der Waals surface area contributed by atoms with Crippen molar-refractivity contribution in [2.24, 2.45) is 0 Å². The standard InChI is InChI=1S/C14H16BrN3O/c1-3-18-9-8-11(16-18)10-17(2)14(19)12-6-4-5-7-13(12)15/h4-9H,3,10H2,1-2H3. The van der Waals surface area contributed by atoms with Crippen LogP contribution >= 0.6 is 15.9 Å². The molecule has 0 fully saturated rings. The minimum absolute atomic E-state index is 0.0153. The van der Waals surface area contributed by atoms with E-state index in [0.29, 0.717) is 12.1 Å². The molecule has 0 atom stereocenters. The van der Waals surface area contributed by atoms with Gasteiger partial charge in [-0.25, -0.2) is 0 Å². The van der Waals surface area contributed by atoms with Crippen LogP contribution in [0.2, 0.25) is 0 Å². The highest BCUT2D eigenvalue weighted by Gasteiger charge is 2.15. The lowest BCUT2D eigenvalue weighted by Gasteiger charge is -2.16. The third kappa shape index (κ3) is 3.23. The van der Waals surface area contributed by atoms with Gasteiger partial charge in [-0.15, -0.1) is 0 Å². The van der Waals surface area contributed by atoms with Gasteiger partial charge in [-0.2, -0.15) is 5.10 Å². The number of aromatic nitrogens is 2. The Bertz CT molecular complexity index is 580. The molecule has 100 valence electrons. The van der Waals surface area contributed by atoms with Gasteiger partial charge >= 0.3 is 0 Å². The van der Waals surface area contributed by atoms with Crippen LogP contribution in [0.3, 0.4) is 0 Å². The smallest absolute Gasteiger partial charge is 0.255 e. The molecule has 4 nitrogen and oxygen atoms in total. The zero-order valence-electron chi connectivity index (χ0n) is 11.0. The molecular weight excluding hydrogens is 306 g/mol. The molecule has 1 amide bonds. The van der Waals surface area contributed by atoms with Crippen LogP contribution in [0.15, 0.2) is 41.0 Å². The van der Waals surface area contributed by atoms with E-state index in [4.69, 9.17) is 0 Å². The van der Waals surface area contributed by atoms with Crippen molar-refractivity contribution in [2.45, 2.75) is 20.0 Å². The lowest BCUT2D eigenvalue weighted by Crippen LogP contribution is -2.26. The Morgan fingerprint density at radius 3 is 2.74 bits per heavy atom. The monoisotopic (exact) mass is 321 g/mol. The number of hydrogen-bond acceptors (Lipinski definition) is 2. The summed E-state index contributed by atoms with van der Waals surface area (Å²) in [4.78, 5) is 14.0. The van der Waals surface area contributed by atoms with Gasteiger partial charge in [0.15, 0.2) is 0 Å². The zero-order valence-corrected chi connectivity index (χ0v) is 12.6. The summed E-state index contributed by atoms with van der Waals surface area (Å²) >= 11 is 3.40. The molecule has 0 radical (unpaired) electrons. The molecule has 0 N–H and O–H groups in total. The zero-order chi connectivity index (χ0) is 13.8. The van der Waals surface area contributed by atoms with Gasteiger partial charge in [-0.05, 0) is 41.1 Å². The highest BCUT2D eigenvalue weighted by Crippen LogP contribution is 2.18. The van der Waals surface area contributed by atoms with Crippen molar-refractivity contribution in [3.8, 4) is 0 Å². The normalized spacial score (nSPS) is 10.5. The third-order valence-electron chi connectivity index (χ3n) is 2.87. The number of benzene rings is 1. The minimum Gasteiger partial charge on any atom is -0.336 e. The van der Waals surface area contributed by atoms with E-state index in [1.807, 2.05) is 48.1 Å². The summed E-state index contributed by atoms with van der Waals surface area (Å²) in [5, 5.41) is 4.38. The van der Waals surface area contributed by atoms with E-state index in [9.17, 15) is 4.79 Å². The first kappa shape index (κ1) is 13.8. The summed E-state index contributed by atoms with van der Waals surface area (Å²) in [5.41, 5.74) is 1.56. The van der Waals surface area contributed by atoms with E-state index < -0.39 is 0 Å². The predicted octanol–water partition coefficient (Wildman–Crippen LogP) is 2.94. The van der Waals surface area contributed by atoms with E-state index in [1.165, 1.54) is 0 Å². The van der Waals surface area contributed by atoms with Gasteiger partial charge in [0.2, 0.25) is 0 Å². The maximum Gasteiger partial charge on any atom is 0.255 e. The van der Waals surface area contributed by atoms with Crippen molar-refractivity contribution < 1.29 is 4.79 Å². The van der Waals surface area contributed by atoms with Crippen LogP contribution in [0.4, 0.5) is 0 Å². The Hall–Kier alpha value is -1.62. The minimum atomic E-state index is -0.0153. The van der Waals surface area contributed by atoms with Crippen LogP contribution < -0.4 is 0 Å². The molecule has 0 saturated heterocycles. The fraction of sp³-hybridized carbons (Fsp3) is 0.286. The molecule has 0 saturated carbocycles. The number of amides is 1. The van der Waals surface area contributed by atoms with Crippen LogP contribution in [-0.4, -0.2) is 27.6 Å². The van der Waals surface area contributed by atoms with Gasteiger partial charge in [0.05, 0.1) is 17.8 Å². The SMILES string of the molecule is CCn1ccc(CN(C)C(=O)c2ccccc2Br)n1. The summed E-state index contributed by atoms with van der Waals surface area (Å²) in [6, 6.07) is 9.37. The first-order valence-electron chi connectivity index (χ1n) is 6.14. The van der Waals surface area contributed by atoms with Gasteiger partial charge in [0.1, 0.15) is 0 Å². The fourth-order valence-electron chi connectivity index (χ4n) is 1.82. The van der Waals surface area contributed by atoms with Crippen molar-refractivity contribution >= 4 is 21.8 Å². The Kier molecular flexibility index (Phi) is 4.37. The van der Waals surface area contributed by atoms with Crippen LogP contribution in [0.25, 0.3) is 0 Å². The highest BCUT2D eigenvalue weighted by molar-refractivity contribution is 9.10. The summed E-state index contributed by atoms with van der Waals surface area (Å²) in [6.07, 6.45) is 1.92. The van der Waals surface area contributed by atoms with Crippen molar-refractivity contribution in [1.29, 1.82) is 0 Å². The maximum absolute atomic E-state index is 12.3. The van der Waals surface area contributed by atoms with Crippen molar-refractivity contribution in [3.63, 3.8) is 0 Å². The lowest BCUT2D eigenvalue weighted by atomic mass is 10.2. The predicted molar refractivity (Wildman–Crippen MR) is 77.8 cm³/mol. The van der Waals surface area contributed by atoms with Crippen molar-refractivity contribution in [3.05, 3.63) is 52.3 Å². The molecule has 5 heteroatoms. The Morgan fingerprint density at radius 1 is 1.37 bits per heavy atom.